The molecule has 1 aromatic carbocycles. The molecule has 1 N–H and O–H groups in total. The third kappa shape index (κ3) is 2.99. The number of aliphatic hydroxyl groups excluding tert-OH is 1. The van der Waals surface area contributed by atoms with Crippen LogP contribution >= 0.6 is 0 Å². The summed E-state index contributed by atoms with van der Waals surface area (Å²) < 4.78 is 5.10. The number of hydrogen-bond donors (Lipinski definition) is 1. The minimum Gasteiger partial charge on any atom is -0.497 e. The molecule has 0 radical (unpaired) electrons. The van der Waals surface area contributed by atoms with Crippen LogP contribution in [0.15, 0.2) is 24.3 Å². The number of hydrogen-bond acceptors (Lipinski definition) is 2. The Hall–Kier alpha value is -1.02. The molecule has 0 aromatic heterocycles. The van der Waals surface area contributed by atoms with Crippen LogP contribution < -0.4 is 4.74 Å². The summed E-state index contributed by atoms with van der Waals surface area (Å²) in [5.74, 6) is 1.64. The Bertz CT molecular complexity index is 314. The molecule has 88 valence electrons. The quantitative estimate of drug-likeness (QED) is 0.826. The van der Waals surface area contributed by atoms with Gasteiger partial charge in [-0.05, 0) is 36.5 Å². The summed E-state index contributed by atoms with van der Waals surface area (Å²) in [5, 5.41) is 9.93. The maximum Gasteiger partial charge on any atom is 0.118 e. The minimum absolute atomic E-state index is 0.182. The third-order valence-electron chi connectivity index (χ3n) is 3.46. The van der Waals surface area contributed by atoms with Crippen molar-refractivity contribution in [3.05, 3.63) is 29.8 Å². The van der Waals surface area contributed by atoms with E-state index in [0.29, 0.717) is 0 Å². The topological polar surface area (TPSA) is 29.5 Å². The van der Waals surface area contributed by atoms with Crippen molar-refractivity contribution in [3.63, 3.8) is 0 Å². The molecule has 0 heterocycles. The van der Waals surface area contributed by atoms with E-state index in [1.807, 2.05) is 24.3 Å². The molecule has 1 aromatic rings. The van der Waals surface area contributed by atoms with Crippen LogP contribution in [0.2, 0.25) is 0 Å². The summed E-state index contributed by atoms with van der Waals surface area (Å²) in [6.45, 7) is 0. The number of ether oxygens (including phenoxy) is 1. The fourth-order valence-corrected chi connectivity index (χ4v) is 2.23. The molecule has 2 heteroatoms. The van der Waals surface area contributed by atoms with E-state index in [4.69, 9.17) is 4.74 Å². The molecule has 16 heavy (non-hydrogen) atoms. The molecular formula is C14H20O2. The van der Waals surface area contributed by atoms with Crippen LogP contribution in [-0.2, 0) is 6.42 Å². The molecule has 1 aliphatic carbocycles. The molecule has 1 unspecified atom stereocenters. The zero-order valence-electron chi connectivity index (χ0n) is 9.86. The molecule has 0 aliphatic heterocycles. The van der Waals surface area contributed by atoms with Crippen molar-refractivity contribution < 1.29 is 9.84 Å². The molecule has 0 bridgehead atoms. The fourth-order valence-electron chi connectivity index (χ4n) is 2.23. The van der Waals surface area contributed by atoms with Crippen molar-refractivity contribution >= 4 is 0 Å². The summed E-state index contributed by atoms with van der Waals surface area (Å²) in [4.78, 5) is 0. The van der Waals surface area contributed by atoms with Crippen LogP contribution in [0.4, 0.5) is 0 Å². The van der Waals surface area contributed by atoms with Gasteiger partial charge in [0.1, 0.15) is 5.75 Å². The first-order valence-electron chi connectivity index (χ1n) is 6.09. The second kappa shape index (κ2) is 5.35. The molecular weight excluding hydrogens is 200 g/mol. The molecule has 0 amide bonds. The lowest BCUT2D eigenvalue weighted by molar-refractivity contribution is 0.118. The third-order valence-corrected chi connectivity index (χ3v) is 3.46. The van der Waals surface area contributed by atoms with E-state index >= 15 is 0 Å². The van der Waals surface area contributed by atoms with Crippen LogP contribution in [0.25, 0.3) is 0 Å². The van der Waals surface area contributed by atoms with E-state index in [1.165, 1.54) is 24.8 Å². The van der Waals surface area contributed by atoms with Crippen LogP contribution in [-0.4, -0.2) is 18.3 Å². The monoisotopic (exact) mass is 220 g/mol. The minimum atomic E-state index is -0.182. The Balaban J connectivity index is 1.82. The first kappa shape index (κ1) is 11.5. The molecule has 2 nitrogen and oxygen atoms in total. The van der Waals surface area contributed by atoms with Gasteiger partial charge in [-0.25, -0.2) is 0 Å². The number of aliphatic hydroxyl groups is 1. The van der Waals surface area contributed by atoms with Gasteiger partial charge in [0.25, 0.3) is 0 Å². The fraction of sp³-hybridized carbons (Fsp3) is 0.571. The molecule has 1 saturated carbocycles. The van der Waals surface area contributed by atoms with Gasteiger partial charge in [0, 0.05) is 0 Å². The largest absolute Gasteiger partial charge is 0.497 e. The summed E-state index contributed by atoms with van der Waals surface area (Å²) in [5.41, 5.74) is 1.19. The summed E-state index contributed by atoms with van der Waals surface area (Å²) in [6, 6.07) is 7.96. The van der Waals surface area contributed by atoms with Gasteiger partial charge in [-0.2, -0.15) is 0 Å². The molecule has 2 rings (SSSR count). The molecule has 0 saturated heterocycles. The number of benzene rings is 1. The van der Waals surface area contributed by atoms with Gasteiger partial charge < -0.3 is 9.84 Å². The highest BCUT2D eigenvalue weighted by atomic mass is 16.5. The first-order chi connectivity index (χ1) is 7.78. The van der Waals surface area contributed by atoms with Gasteiger partial charge in [0.2, 0.25) is 0 Å². The van der Waals surface area contributed by atoms with Crippen molar-refractivity contribution in [2.24, 2.45) is 5.92 Å². The van der Waals surface area contributed by atoms with Gasteiger partial charge >= 0.3 is 0 Å². The summed E-state index contributed by atoms with van der Waals surface area (Å²) >= 11 is 0. The highest BCUT2D eigenvalue weighted by Crippen LogP contribution is 2.31. The van der Waals surface area contributed by atoms with E-state index in [-0.39, 0.29) is 6.10 Å². The van der Waals surface area contributed by atoms with Crippen LogP contribution in [0.5, 0.6) is 5.75 Å². The van der Waals surface area contributed by atoms with E-state index in [9.17, 15) is 5.11 Å². The lowest BCUT2D eigenvalue weighted by atomic mass is 9.80. The van der Waals surface area contributed by atoms with Crippen molar-refractivity contribution in [2.45, 2.75) is 38.2 Å². The average molecular weight is 220 g/mol. The van der Waals surface area contributed by atoms with E-state index in [2.05, 4.69) is 0 Å². The lowest BCUT2D eigenvalue weighted by Gasteiger charge is -2.27. The number of methoxy groups -OCH3 is 1. The van der Waals surface area contributed by atoms with Crippen LogP contribution in [0.3, 0.4) is 0 Å². The second-order valence-electron chi connectivity index (χ2n) is 4.74. The normalized spacial score (nSPS) is 17.9. The summed E-state index contributed by atoms with van der Waals surface area (Å²) in [7, 11) is 1.67. The van der Waals surface area contributed by atoms with Gasteiger partial charge in [0.05, 0.1) is 13.2 Å². The first-order valence-corrected chi connectivity index (χ1v) is 6.09. The predicted octanol–water partition coefficient (Wildman–Crippen LogP) is 2.79. The average Bonchev–Trinajstić information content (AvgIpc) is 2.25. The van der Waals surface area contributed by atoms with Gasteiger partial charge in [-0.3, -0.25) is 0 Å². The zero-order valence-corrected chi connectivity index (χ0v) is 9.86. The summed E-state index contributed by atoms with van der Waals surface area (Å²) in [6.07, 6.45) is 5.50. The van der Waals surface area contributed by atoms with Gasteiger partial charge in [0.15, 0.2) is 0 Å². The second-order valence-corrected chi connectivity index (χ2v) is 4.74. The maximum absolute atomic E-state index is 9.93. The standard InChI is InChI=1S/C14H20O2/c1-16-14-7-5-12(6-8-14)10-13(15)9-11-3-2-4-11/h5-8,11,13,15H,2-4,9-10H2,1H3. The van der Waals surface area contributed by atoms with Crippen molar-refractivity contribution in [1.82, 2.24) is 0 Å². The van der Waals surface area contributed by atoms with E-state index in [0.717, 1.165) is 24.5 Å². The Morgan fingerprint density at radius 1 is 1.31 bits per heavy atom. The Morgan fingerprint density at radius 2 is 2.00 bits per heavy atom. The predicted molar refractivity (Wildman–Crippen MR) is 64.7 cm³/mol. The van der Waals surface area contributed by atoms with Crippen molar-refractivity contribution in [2.75, 3.05) is 7.11 Å². The van der Waals surface area contributed by atoms with Crippen LogP contribution in [0, 0.1) is 5.92 Å². The van der Waals surface area contributed by atoms with Gasteiger partial charge in [-0.1, -0.05) is 31.4 Å². The molecule has 0 spiro atoms. The SMILES string of the molecule is COc1ccc(CC(O)CC2CCC2)cc1. The Labute approximate surface area is 97.3 Å². The Kier molecular flexibility index (Phi) is 3.83. The maximum atomic E-state index is 9.93. The van der Waals surface area contributed by atoms with E-state index < -0.39 is 0 Å². The lowest BCUT2D eigenvalue weighted by Crippen LogP contribution is -2.20. The van der Waals surface area contributed by atoms with Crippen molar-refractivity contribution in [3.8, 4) is 5.75 Å². The molecule has 1 aliphatic rings. The zero-order chi connectivity index (χ0) is 11.4. The highest BCUT2D eigenvalue weighted by Gasteiger charge is 2.20. The molecule has 1 fully saturated rings. The Morgan fingerprint density at radius 3 is 2.50 bits per heavy atom. The van der Waals surface area contributed by atoms with Gasteiger partial charge in [-0.15, -0.1) is 0 Å². The van der Waals surface area contributed by atoms with Crippen molar-refractivity contribution in [1.29, 1.82) is 0 Å². The smallest absolute Gasteiger partial charge is 0.118 e. The highest BCUT2D eigenvalue weighted by molar-refractivity contribution is 5.27. The molecule has 1 atom stereocenters. The van der Waals surface area contributed by atoms with E-state index in [1.54, 1.807) is 7.11 Å². The van der Waals surface area contributed by atoms with Crippen LogP contribution in [0.1, 0.15) is 31.2 Å². The number of rotatable bonds is 5.